The van der Waals surface area contributed by atoms with Crippen molar-refractivity contribution in [2.24, 2.45) is 7.05 Å². The summed E-state index contributed by atoms with van der Waals surface area (Å²) in [6, 6.07) is 4.63. The van der Waals surface area contributed by atoms with E-state index in [1.165, 1.54) is 0 Å². The second-order valence-corrected chi connectivity index (χ2v) is 9.34. The Bertz CT molecular complexity index is 1420. The van der Waals surface area contributed by atoms with Gasteiger partial charge in [-0.2, -0.15) is 5.10 Å². The lowest BCUT2D eigenvalue weighted by atomic mass is 10.2. The average molecular weight is 461 g/mol. The first kappa shape index (κ1) is 20.9. The smallest absolute Gasteiger partial charge is 0.271 e. The highest BCUT2D eigenvalue weighted by Crippen LogP contribution is 2.39. The van der Waals surface area contributed by atoms with Crippen molar-refractivity contribution in [2.75, 3.05) is 5.32 Å². The SMILES string of the molecule is CCn1c(C(=O)N(C2CC2)C2CC2)cc2c3c(ncn3C)c(Nc3cc(C)n(CC=O)n3)nc21. The molecule has 1 N–H and O–H groups in total. The third-order valence-corrected chi connectivity index (χ3v) is 6.83. The Balaban J connectivity index is 1.48. The van der Waals surface area contributed by atoms with Crippen LogP contribution in [0.3, 0.4) is 0 Å². The number of hydrogen-bond donors (Lipinski definition) is 1. The normalized spacial score (nSPS) is 15.9. The third-order valence-electron chi connectivity index (χ3n) is 6.83. The van der Waals surface area contributed by atoms with Crippen LogP contribution in [-0.4, -0.2) is 58.1 Å². The molecule has 2 saturated carbocycles. The van der Waals surface area contributed by atoms with E-state index in [1.807, 2.05) is 42.2 Å². The molecule has 10 heteroatoms. The van der Waals surface area contributed by atoms with Gasteiger partial charge in [0.25, 0.3) is 5.91 Å². The maximum atomic E-state index is 13.7. The number of carbonyl (C=O) groups excluding carboxylic acids is 2. The molecule has 2 aliphatic rings. The number of aldehydes is 1. The number of pyridine rings is 1. The first-order valence-corrected chi connectivity index (χ1v) is 11.9. The molecule has 0 radical (unpaired) electrons. The van der Waals surface area contributed by atoms with Crippen LogP contribution in [0.2, 0.25) is 0 Å². The van der Waals surface area contributed by atoms with Crippen molar-refractivity contribution in [1.82, 2.24) is 33.8 Å². The number of rotatable bonds is 8. The van der Waals surface area contributed by atoms with Crippen LogP contribution in [0.5, 0.6) is 0 Å². The van der Waals surface area contributed by atoms with E-state index in [-0.39, 0.29) is 12.5 Å². The van der Waals surface area contributed by atoms with E-state index in [1.54, 1.807) is 11.0 Å². The topological polar surface area (TPSA) is 103 Å². The lowest BCUT2D eigenvalue weighted by Gasteiger charge is -2.22. The fourth-order valence-corrected chi connectivity index (χ4v) is 4.91. The van der Waals surface area contributed by atoms with E-state index in [4.69, 9.17) is 4.98 Å². The predicted octanol–water partition coefficient (Wildman–Crippen LogP) is 3.16. The van der Waals surface area contributed by atoms with E-state index in [0.717, 1.165) is 54.2 Å². The van der Waals surface area contributed by atoms with Gasteiger partial charge >= 0.3 is 0 Å². The number of aryl methyl sites for hydroxylation is 3. The van der Waals surface area contributed by atoms with Crippen LogP contribution in [0, 0.1) is 6.92 Å². The van der Waals surface area contributed by atoms with Crippen molar-refractivity contribution >= 4 is 45.9 Å². The zero-order chi connectivity index (χ0) is 23.6. The largest absolute Gasteiger partial charge is 0.333 e. The van der Waals surface area contributed by atoms with Gasteiger partial charge in [-0.15, -0.1) is 0 Å². The molecule has 0 unspecified atom stereocenters. The van der Waals surface area contributed by atoms with Crippen LogP contribution < -0.4 is 5.32 Å². The van der Waals surface area contributed by atoms with Gasteiger partial charge in [0, 0.05) is 42.8 Å². The number of anilines is 2. The maximum Gasteiger partial charge on any atom is 0.271 e. The summed E-state index contributed by atoms with van der Waals surface area (Å²) in [6.07, 6.45) is 6.99. The van der Waals surface area contributed by atoms with Gasteiger partial charge in [0.15, 0.2) is 11.6 Å². The molecule has 0 spiro atoms. The van der Waals surface area contributed by atoms with Crippen LogP contribution in [0.4, 0.5) is 11.6 Å². The molecule has 4 aromatic heterocycles. The van der Waals surface area contributed by atoms with Crippen molar-refractivity contribution < 1.29 is 9.59 Å². The number of nitrogens with zero attached hydrogens (tertiary/aromatic N) is 7. The summed E-state index contributed by atoms with van der Waals surface area (Å²) in [5.41, 5.74) is 3.95. The van der Waals surface area contributed by atoms with Gasteiger partial charge in [-0.25, -0.2) is 9.97 Å². The second kappa shape index (κ2) is 7.68. The molecule has 0 atom stereocenters. The molecular formula is C24H28N8O2. The van der Waals surface area contributed by atoms with Gasteiger partial charge in [-0.05, 0) is 45.6 Å². The minimum atomic E-state index is 0.109. The zero-order valence-corrected chi connectivity index (χ0v) is 19.7. The van der Waals surface area contributed by atoms with E-state index in [0.29, 0.717) is 41.5 Å². The lowest BCUT2D eigenvalue weighted by molar-refractivity contribution is -0.108. The number of carbonyl (C=O) groups is 2. The van der Waals surface area contributed by atoms with Crippen LogP contribution >= 0.6 is 0 Å². The minimum absolute atomic E-state index is 0.109. The van der Waals surface area contributed by atoms with Crippen molar-refractivity contribution in [3.8, 4) is 0 Å². The molecule has 0 aliphatic heterocycles. The van der Waals surface area contributed by atoms with Gasteiger partial charge in [0.2, 0.25) is 0 Å². The molecule has 2 aliphatic carbocycles. The molecule has 4 heterocycles. The molecule has 0 saturated heterocycles. The van der Waals surface area contributed by atoms with Crippen molar-refractivity contribution in [3.05, 3.63) is 29.8 Å². The summed E-state index contributed by atoms with van der Waals surface area (Å²) < 4.78 is 5.62. The Morgan fingerprint density at radius 2 is 1.97 bits per heavy atom. The van der Waals surface area contributed by atoms with Crippen molar-refractivity contribution in [1.29, 1.82) is 0 Å². The summed E-state index contributed by atoms with van der Waals surface area (Å²) in [4.78, 5) is 36.3. The standard InChI is InChI=1S/C24H28N8O2/c1-4-30-18(24(34)32(15-5-6-15)16-7-8-16)12-17-21-20(25-13-29(21)3)22(27-23(17)30)26-19-11-14(2)31(28-19)9-10-33/h10-13,15-16H,4-9H2,1-3H3,(H,26,27,28). The molecule has 176 valence electrons. The van der Waals surface area contributed by atoms with E-state index in [2.05, 4.69) is 20.3 Å². The average Bonchev–Trinajstić information content (AvgIpc) is 3.73. The summed E-state index contributed by atoms with van der Waals surface area (Å²) in [5, 5.41) is 8.69. The number of amides is 1. The quantitative estimate of drug-likeness (QED) is 0.405. The monoisotopic (exact) mass is 460 g/mol. The van der Waals surface area contributed by atoms with E-state index < -0.39 is 0 Å². The van der Waals surface area contributed by atoms with Crippen LogP contribution in [0.15, 0.2) is 18.5 Å². The predicted molar refractivity (Wildman–Crippen MR) is 128 cm³/mol. The summed E-state index contributed by atoms with van der Waals surface area (Å²) in [7, 11) is 1.95. The Morgan fingerprint density at radius 3 is 2.62 bits per heavy atom. The van der Waals surface area contributed by atoms with Crippen LogP contribution in [0.25, 0.3) is 22.1 Å². The minimum Gasteiger partial charge on any atom is -0.333 e. The highest BCUT2D eigenvalue weighted by Gasteiger charge is 2.43. The molecule has 2 fully saturated rings. The van der Waals surface area contributed by atoms with Gasteiger partial charge < -0.3 is 24.1 Å². The number of nitrogens with one attached hydrogen (secondary N) is 1. The molecule has 0 bridgehead atoms. The van der Waals surface area contributed by atoms with E-state index >= 15 is 0 Å². The van der Waals surface area contributed by atoms with Crippen LogP contribution in [0.1, 0.15) is 48.8 Å². The van der Waals surface area contributed by atoms with Gasteiger partial charge in [-0.3, -0.25) is 9.48 Å². The zero-order valence-electron chi connectivity index (χ0n) is 19.7. The van der Waals surface area contributed by atoms with Gasteiger partial charge in [0.1, 0.15) is 23.1 Å². The van der Waals surface area contributed by atoms with E-state index in [9.17, 15) is 9.59 Å². The highest BCUT2D eigenvalue weighted by atomic mass is 16.2. The van der Waals surface area contributed by atoms with Crippen molar-refractivity contribution in [2.45, 2.75) is 64.7 Å². The molecule has 1 amide bonds. The van der Waals surface area contributed by atoms with Crippen LogP contribution in [-0.2, 0) is 24.9 Å². The first-order chi connectivity index (χ1) is 16.5. The maximum absolute atomic E-state index is 13.7. The van der Waals surface area contributed by atoms with Gasteiger partial charge in [0.05, 0.1) is 18.4 Å². The second-order valence-electron chi connectivity index (χ2n) is 9.34. The lowest BCUT2D eigenvalue weighted by Crippen LogP contribution is -2.36. The highest BCUT2D eigenvalue weighted by molar-refractivity contribution is 6.10. The third kappa shape index (κ3) is 3.27. The molecule has 0 aromatic carbocycles. The number of imidazole rings is 1. The fraction of sp³-hybridized carbons (Fsp3) is 0.458. The first-order valence-electron chi connectivity index (χ1n) is 11.9. The Labute approximate surface area is 196 Å². The molecule has 6 rings (SSSR count). The molecular weight excluding hydrogens is 432 g/mol. The number of fused-ring (bicyclic) bond motifs is 3. The number of hydrogen-bond acceptors (Lipinski definition) is 6. The molecule has 34 heavy (non-hydrogen) atoms. The summed E-state index contributed by atoms with van der Waals surface area (Å²) in [6.45, 7) is 4.78. The number of aromatic nitrogens is 6. The fourth-order valence-electron chi connectivity index (χ4n) is 4.91. The Hall–Kier alpha value is -3.69. The Morgan fingerprint density at radius 1 is 1.24 bits per heavy atom. The molecule has 10 nitrogen and oxygen atoms in total. The summed E-state index contributed by atoms with van der Waals surface area (Å²) >= 11 is 0. The Kier molecular flexibility index (Phi) is 4.72. The molecule has 4 aromatic rings. The van der Waals surface area contributed by atoms with Crippen molar-refractivity contribution in [3.63, 3.8) is 0 Å². The van der Waals surface area contributed by atoms with Gasteiger partial charge in [-0.1, -0.05) is 0 Å². The summed E-state index contributed by atoms with van der Waals surface area (Å²) in [5.74, 6) is 1.28.